The minimum atomic E-state index is -0.271. The largest absolute Gasteiger partial charge is 0.469 e. The summed E-state index contributed by atoms with van der Waals surface area (Å²) in [7, 11) is 1.35. The SMILES string of the molecule is COC(=O)CCCNC(=O)/C=C/c1c(C)nn(Cc2ccc(C)cc2)c1C. The first kappa shape index (κ1) is 20.4. The number of ether oxygens (including phenoxy) is 1. The van der Waals surface area contributed by atoms with Gasteiger partial charge in [-0.15, -0.1) is 0 Å². The number of hydrogen-bond donors (Lipinski definition) is 1. The molecule has 0 bridgehead atoms. The van der Waals surface area contributed by atoms with Gasteiger partial charge in [0.25, 0.3) is 0 Å². The van der Waals surface area contributed by atoms with E-state index in [0.717, 1.165) is 17.0 Å². The van der Waals surface area contributed by atoms with Gasteiger partial charge in [-0.25, -0.2) is 0 Å². The number of carbonyl (C=O) groups is 2. The van der Waals surface area contributed by atoms with Gasteiger partial charge in [-0.1, -0.05) is 29.8 Å². The number of benzene rings is 1. The van der Waals surface area contributed by atoms with E-state index in [2.05, 4.69) is 46.3 Å². The Morgan fingerprint density at radius 2 is 1.89 bits per heavy atom. The fourth-order valence-corrected chi connectivity index (χ4v) is 2.74. The highest BCUT2D eigenvalue weighted by molar-refractivity contribution is 5.92. The first-order valence-corrected chi connectivity index (χ1v) is 9.03. The highest BCUT2D eigenvalue weighted by Gasteiger charge is 2.10. The van der Waals surface area contributed by atoms with E-state index in [1.54, 1.807) is 6.08 Å². The Morgan fingerprint density at radius 3 is 2.56 bits per heavy atom. The molecular formula is C21H27N3O3. The molecule has 0 aliphatic carbocycles. The van der Waals surface area contributed by atoms with E-state index in [4.69, 9.17) is 0 Å². The molecule has 0 aliphatic rings. The van der Waals surface area contributed by atoms with E-state index in [1.165, 1.54) is 24.3 Å². The van der Waals surface area contributed by atoms with Crippen molar-refractivity contribution in [3.8, 4) is 0 Å². The molecule has 1 heterocycles. The van der Waals surface area contributed by atoms with E-state index in [-0.39, 0.29) is 11.9 Å². The molecule has 0 unspecified atom stereocenters. The van der Waals surface area contributed by atoms with Gasteiger partial charge in [0.1, 0.15) is 0 Å². The number of amides is 1. The zero-order valence-corrected chi connectivity index (χ0v) is 16.4. The topological polar surface area (TPSA) is 73.2 Å². The lowest BCUT2D eigenvalue weighted by Crippen LogP contribution is -2.22. The van der Waals surface area contributed by atoms with Crippen molar-refractivity contribution in [2.24, 2.45) is 0 Å². The average Bonchev–Trinajstić information content (AvgIpc) is 2.91. The Labute approximate surface area is 160 Å². The van der Waals surface area contributed by atoms with Crippen LogP contribution in [0.15, 0.2) is 30.3 Å². The predicted octanol–water partition coefficient (Wildman–Crippen LogP) is 2.94. The Hall–Kier alpha value is -2.89. The normalized spacial score (nSPS) is 11.0. The Kier molecular flexibility index (Phi) is 7.34. The molecule has 0 aliphatic heterocycles. The van der Waals surface area contributed by atoms with Crippen LogP contribution in [-0.4, -0.2) is 35.3 Å². The summed E-state index contributed by atoms with van der Waals surface area (Å²) in [5.74, 6) is -0.461. The zero-order chi connectivity index (χ0) is 19.8. The molecule has 0 fully saturated rings. The molecule has 0 spiro atoms. The molecule has 1 aromatic heterocycles. The molecule has 0 radical (unpaired) electrons. The van der Waals surface area contributed by atoms with E-state index < -0.39 is 0 Å². The van der Waals surface area contributed by atoms with Crippen molar-refractivity contribution in [3.05, 3.63) is 58.4 Å². The minimum absolute atomic E-state index is 0.190. The average molecular weight is 369 g/mol. The van der Waals surface area contributed by atoms with E-state index in [1.807, 2.05) is 18.5 Å². The number of nitrogens with one attached hydrogen (secondary N) is 1. The van der Waals surface area contributed by atoms with Crippen LogP contribution in [0, 0.1) is 20.8 Å². The van der Waals surface area contributed by atoms with Gasteiger partial charge < -0.3 is 10.1 Å². The fourth-order valence-electron chi connectivity index (χ4n) is 2.74. The van der Waals surface area contributed by atoms with Crippen LogP contribution < -0.4 is 5.32 Å². The molecule has 1 aromatic carbocycles. The lowest BCUT2D eigenvalue weighted by molar-refractivity contribution is -0.140. The van der Waals surface area contributed by atoms with E-state index in [0.29, 0.717) is 25.9 Å². The van der Waals surface area contributed by atoms with Crippen molar-refractivity contribution < 1.29 is 14.3 Å². The second-order valence-electron chi connectivity index (χ2n) is 6.53. The molecule has 6 nitrogen and oxygen atoms in total. The fraction of sp³-hybridized carbons (Fsp3) is 0.381. The van der Waals surface area contributed by atoms with Crippen LogP contribution in [0.25, 0.3) is 6.08 Å². The molecule has 6 heteroatoms. The number of rotatable bonds is 8. The first-order chi connectivity index (χ1) is 12.9. The second kappa shape index (κ2) is 9.71. The van der Waals surface area contributed by atoms with Crippen LogP contribution in [0.4, 0.5) is 0 Å². The molecule has 0 saturated carbocycles. The number of carbonyl (C=O) groups excluding carboxylic acids is 2. The lowest BCUT2D eigenvalue weighted by atomic mass is 10.1. The van der Waals surface area contributed by atoms with Gasteiger partial charge in [0, 0.05) is 30.3 Å². The predicted molar refractivity (Wildman–Crippen MR) is 105 cm³/mol. The van der Waals surface area contributed by atoms with Crippen LogP contribution in [0.3, 0.4) is 0 Å². The number of aromatic nitrogens is 2. The summed E-state index contributed by atoms with van der Waals surface area (Å²) in [6.45, 7) is 7.13. The third-order valence-electron chi connectivity index (χ3n) is 4.38. The van der Waals surface area contributed by atoms with E-state index >= 15 is 0 Å². The summed E-state index contributed by atoms with van der Waals surface area (Å²) >= 11 is 0. The van der Waals surface area contributed by atoms with Gasteiger partial charge in [-0.05, 0) is 38.8 Å². The summed E-state index contributed by atoms with van der Waals surface area (Å²) in [4.78, 5) is 23.0. The molecule has 27 heavy (non-hydrogen) atoms. The highest BCUT2D eigenvalue weighted by Crippen LogP contribution is 2.16. The van der Waals surface area contributed by atoms with Gasteiger partial charge >= 0.3 is 5.97 Å². The quantitative estimate of drug-likeness (QED) is 0.441. The van der Waals surface area contributed by atoms with Crippen molar-refractivity contribution in [2.45, 2.75) is 40.2 Å². The van der Waals surface area contributed by atoms with Crippen LogP contribution >= 0.6 is 0 Å². The van der Waals surface area contributed by atoms with Gasteiger partial charge in [-0.2, -0.15) is 5.10 Å². The number of esters is 1. The highest BCUT2D eigenvalue weighted by atomic mass is 16.5. The van der Waals surface area contributed by atoms with E-state index in [9.17, 15) is 9.59 Å². The number of nitrogens with zero attached hydrogens (tertiary/aromatic N) is 2. The van der Waals surface area contributed by atoms with Gasteiger partial charge in [0.15, 0.2) is 0 Å². The van der Waals surface area contributed by atoms with Gasteiger partial charge in [-0.3, -0.25) is 14.3 Å². The summed E-state index contributed by atoms with van der Waals surface area (Å²) in [6, 6.07) is 8.38. The molecule has 144 valence electrons. The van der Waals surface area contributed by atoms with Crippen molar-refractivity contribution in [1.82, 2.24) is 15.1 Å². The molecule has 2 aromatic rings. The van der Waals surface area contributed by atoms with Gasteiger partial charge in [0.2, 0.25) is 5.91 Å². The Bertz CT molecular complexity index is 820. The number of aryl methyl sites for hydroxylation is 2. The molecule has 1 amide bonds. The molecule has 0 atom stereocenters. The van der Waals surface area contributed by atoms with Crippen LogP contribution in [0.5, 0.6) is 0 Å². The summed E-state index contributed by atoms with van der Waals surface area (Å²) in [5.41, 5.74) is 5.27. The number of hydrogen-bond acceptors (Lipinski definition) is 4. The maximum absolute atomic E-state index is 11.9. The number of methoxy groups -OCH3 is 1. The summed E-state index contributed by atoms with van der Waals surface area (Å²) in [5, 5.41) is 7.35. The zero-order valence-electron chi connectivity index (χ0n) is 16.4. The molecular weight excluding hydrogens is 342 g/mol. The lowest BCUT2D eigenvalue weighted by Gasteiger charge is -2.05. The Morgan fingerprint density at radius 1 is 1.19 bits per heavy atom. The van der Waals surface area contributed by atoms with Crippen molar-refractivity contribution in [1.29, 1.82) is 0 Å². The molecule has 2 rings (SSSR count). The maximum atomic E-state index is 11.9. The molecule has 1 N–H and O–H groups in total. The maximum Gasteiger partial charge on any atom is 0.305 e. The smallest absolute Gasteiger partial charge is 0.305 e. The van der Waals surface area contributed by atoms with Crippen molar-refractivity contribution >= 4 is 18.0 Å². The monoisotopic (exact) mass is 369 g/mol. The Balaban J connectivity index is 1.95. The standard InChI is InChI=1S/C21H27N3O3/c1-15-7-9-18(10-8-15)14-24-17(3)19(16(2)23-24)11-12-20(25)22-13-5-6-21(26)27-4/h7-12H,5-6,13-14H2,1-4H3,(H,22,25)/b12-11+. The van der Waals surface area contributed by atoms with Crippen LogP contribution in [0.1, 0.15) is 40.9 Å². The third-order valence-corrected chi connectivity index (χ3v) is 4.38. The van der Waals surface area contributed by atoms with Crippen molar-refractivity contribution in [2.75, 3.05) is 13.7 Å². The van der Waals surface area contributed by atoms with Crippen LogP contribution in [0.2, 0.25) is 0 Å². The van der Waals surface area contributed by atoms with Crippen molar-refractivity contribution in [3.63, 3.8) is 0 Å². The van der Waals surface area contributed by atoms with Crippen LogP contribution in [-0.2, 0) is 20.9 Å². The summed E-state index contributed by atoms with van der Waals surface area (Å²) < 4.78 is 6.52. The first-order valence-electron chi connectivity index (χ1n) is 9.03. The second-order valence-corrected chi connectivity index (χ2v) is 6.53. The molecule has 0 saturated heterocycles. The minimum Gasteiger partial charge on any atom is -0.469 e. The van der Waals surface area contributed by atoms with Gasteiger partial charge in [0.05, 0.1) is 19.3 Å². The third kappa shape index (κ3) is 6.09. The summed E-state index contributed by atoms with van der Waals surface area (Å²) in [6.07, 6.45) is 4.15.